The first-order valence-corrected chi connectivity index (χ1v) is 8.47. The van der Waals surface area contributed by atoms with E-state index in [-0.39, 0.29) is 0 Å². The number of rotatable bonds is 12. The van der Waals surface area contributed by atoms with E-state index in [1.165, 1.54) is 56.9 Å². The minimum atomic E-state index is 0.673. The normalized spacial score (nSPS) is 12.8. The van der Waals surface area contributed by atoms with Crippen LogP contribution < -0.4 is 5.32 Å². The van der Waals surface area contributed by atoms with E-state index in [1.807, 2.05) is 17.9 Å². The van der Waals surface area contributed by atoms with Crippen molar-refractivity contribution in [1.29, 1.82) is 0 Å². The van der Waals surface area contributed by atoms with Gasteiger partial charge in [0.05, 0.1) is 6.20 Å². The van der Waals surface area contributed by atoms with Gasteiger partial charge in [-0.1, -0.05) is 52.4 Å². The number of hydrogen-bond acceptors (Lipinski definition) is 2. The molecule has 1 rings (SSSR count). The molecule has 1 unspecified atom stereocenters. The Morgan fingerprint density at radius 3 is 2.50 bits per heavy atom. The fourth-order valence-electron chi connectivity index (χ4n) is 2.75. The molecule has 1 aromatic heterocycles. The van der Waals surface area contributed by atoms with Gasteiger partial charge in [0, 0.05) is 19.3 Å². The van der Waals surface area contributed by atoms with Crippen LogP contribution in [0.4, 0.5) is 0 Å². The lowest BCUT2D eigenvalue weighted by molar-refractivity contribution is 0.439. The van der Waals surface area contributed by atoms with Crippen LogP contribution in [0.5, 0.6) is 0 Å². The zero-order valence-electron chi connectivity index (χ0n) is 13.7. The third-order valence-electron chi connectivity index (χ3n) is 3.94. The third kappa shape index (κ3) is 7.68. The number of aromatic nitrogens is 2. The molecule has 3 nitrogen and oxygen atoms in total. The molecule has 20 heavy (non-hydrogen) atoms. The smallest absolute Gasteiger partial charge is 0.0521 e. The molecule has 0 saturated carbocycles. The molecule has 0 aliphatic rings. The van der Waals surface area contributed by atoms with E-state index in [0.717, 1.165) is 13.0 Å². The summed E-state index contributed by atoms with van der Waals surface area (Å²) in [6.07, 6.45) is 16.1. The Balaban J connectivity index is 2.15. The van der Waals surface area contributed by atoms with Crippen molar-refractivity contribution in [1.82, 2.24) is 15.1 Å². The van der Waals surface area contributed by atoms with Crippen LogP contribution in [-0.2, 0) is 13.5 Å². The standard InChI is InChI=1S/C17H33N3/c1-4-6-7-8-9-10-11-17(18-5-2)13-12-16-14-19-20(3)15-16/h14-15,17-18H,4-13H2,1-3H3. The molecule has 0 aliphatic heterocycles. The summed E-state index contributed by atoms with van der Waals surface area (Å²) in [6, 6.07) is 0.673. The van der Waals surface area contributed by atoms with Gasteiger partial charge in [-0.05, 0) is 31.4 Å². The van der Waals surface area contributed by atoms with Crippen LogP contribution in [0.25, 0.3) is 0 Å². The molecule has 1 aromatic rings. The van der Waals surface area contributed by atoms with Gasteiger partial charge in [-0.2, -0.15) is 5.10 Å². The molecule has 0 fully saturated rings. The Bertz CT molecular complexity index is 333. The molecular weight excluding hydrogens is 246 g/mol. The van der Waals surface area contributed by atoms with Crippen molar-refractivity contribution < 1.29 is 0 Å². The van der Waals surface area contributed by atoms with E-state index in [0.29, 0.717) is 6.04 Å². The maximum Gasteiger partial charge on any atom is 0.0521 e. The topological polar surface area (TPSA) is 29.9 Å². The Kier molecular flexibility index (Phi) is 9.38. The second kappa shape index (κ2) is 10.9. The highest BCUT2D eigenvalue weighted by molar-refractivity contribution is 5.03. The van der Waals surface area contributed by atoms with Gasteiger partial charge in [0.1, 0.15) is 0 Å². The molecule has 116 valence electrons. The second-order valence-corrected chi connectivity index (χ2v) is 5.87. The molecule has 0 spiro atoms. The largest absolute Gasteiger partial charge is 0.314 e. The molecule has 0 radical (unpaired) electrons. The van der Waals surface area contributed by atoms with Crippen molar-refractivity contribution in [2.24, 2.45) is 7.05 Å². The van der Waals surface area contributed by atoms with E-state index in [9.17, 15) is 0 Å². The van der Waals surface area contributed by atoms with Gasteiger partial charge < -0.3 is 5.32 Å². The first-order chi connectivity index (χ1) is 9.76. The Morgan fingerprint density at radius 2 is 1.85 bits per heavy atom. The summed E-state index contributed by atoms with van der Waals surface area (Å²) in [7, 11) is 1.99. The van der Waals surface area contributed by atoms with Crippen LogP contribution in [0.3, 0.4) is 0 Å². The lowest BCUT2D eigenvalue weighted by Crippen LogP contribution is -2.29. The van der Waals surface area contributed by atoms with Gasteiger partial charge in [-0.25, -0.2) is 0 Å². The Labute approximate surface area is 125 Å². The van der Waals surface area contributed by atoms with Crippen LogP contribution in [0.1, 0.15) is 70.8 Å². The summed E-state index contributed by atoms with van der Waals surface area (Å²) >= 11 is 0. The lowest BCUT2D eigenvalue weighted by Gasteiger charge is -2.17. The summed E-state index contributed by atoms with van der Waals surface area (Å²) in [5.74, 6) is 0. The first-order valence-electron chi connectivity index (χ1n) is 8.47. The summed E-state index contributed by atoms with van der Waals surface area (Å²) in [4.78, 5) is 0. The minimum Gasteiger partial charge on any atom is -0.314 e. The van der Waals surface area contributed by atoms with Gasteiger partial charge in [-0.15, -0.1) is 0 Å². The molecule has 1 N–H and O–H groups in total. The van der Waals surface area contributed by atoms with E-state index < -0.39 is 0 Å². The average Bonchev–Trinajstić information content (AvgIpc) is 2.85. The molecule has 1 atom stereocenters. The van der Waals surface area contributed by atoms with Gasteiger partial charge in [-0.3, -0.25) is 4.68 Å². The van der Waals surface area contributed by atoms with E-state index in [2.05, 4.69) is 30.5 Å². The lowest BCUT2D eigenvalue weighted by atomic mass is 10.0. The van der Waals surface area contributed by atoms with Crippen molar-refractivity contribution in [2.75, 3.05) is 6.54 Å². The quantitative estimate of drug-likeness (QED) is 0.584. The maximum atomic E-state index is 4.24. The highest BCUT2D eigenvalue weighted by Gasteiger charge is 2.08. The van der Waals surface area contributed by atoms with Crippen LogP contribution >= 0.6 is 0 Å². The van der Waals surface area contributed by atoms with E-state index in [1.54, 1.807) is 0 Å². The fourth-order valence-corrected chi connectivity index (χ4v) is 2.75. The number of nitrogens with one attached hydrogen (secondary N) is 1. The number of unbranched alkanes of at least 4 members (excludes halogenated alkanes) is 5. The van der Waals surface area contributed by atoms with Crippen LogP contribution in [0.15, 0.2) is 12.4 Å². The third-order valence-corrected chi connectivity index (χ3v) is 3.94. The monoisotopic (exact) mass is 279 g/mol. The molecule has 3 heteroatoms. The van der Waals surface area contributed by atoms with E-state index in [4.69, 9.17) is 0 Å². The van der Waals surface area contributed by atoms with Crippen LogP contribution in [0.2, 0.25) is 0 Å². The van der Waals surface area contributed by atoms with Crippen molar-refractivity contribution in [2.45, 2.75) is 77.7 Å². The first kappa shape index (κ1) is 17.2. The average molecular weight is 279 g/mol. The second-order valence-electron chi connectivity index (χ2n) is 5.87. The van der Waals surface area contributed by atoms with Crippen molar-refractivity contribution in [3.8, 4) is 0 Å². The number of aryl methyl sites for hydroxylation is 2. The molecule has 0 amide bonds. The molecule has 0 aromatic carbocycles. The molecule has 0 aliphatic carbocycles. The predicted molar refractivity (Wildman–Crippen MR) is 87.0 cm³/mol. The van der Waals surface area contributed by atoms with Crippen LogP contribution in [-0.4, -0.2) is 22.4 Å². The molecule has 0 saturated heterocycles. The molecular formula is C17H33N3. The highest BCUT2D eigenvalue weighted by Crippen LogP contribution is 2.12. The fraction of sp³-hybridized carbons (Fsp3) is 0.824. The SMILES string of the molecule is CCCCCCCCC(CCc1cnn(C)c1)NCC. The summed E-state index contributed by atoms with van der Waals surface area (Å²) in [5.41, 5.74) is 1.36. The van der Waals surface area contributed by atoms with Gasteiger partial charge in [0.15, 0.2) is 0 Å². The number of hydrogen-bond donors (Lipinski definition) is 1. The number of nitrogens with zero attached hydrogens (tertiary/aromatic N) is 2. The Hall–Kier alpha value is -0.830. The Morgan fingerprint density at radius 1 is 1.10 bits per heavy atom. The summed E-state index contributed by atoms with van der Waals surface area (Å²) in [5, 5.41) is 7.88. The molecule has 0 bridgehead atoms. The zero-order valence-corrected chi connectivity index (χ0v) is 13.7. The molecule has 1 heterocycles. The summed E-state index contributed by atoms with van der Waals surface area (Å²) < 4.78 is 1.89. The summed E-state index contributed by atoms with van der Waals surface area (Å²) in [6.45, 7) is 5.56. The van der Waals surface area contributed by atoms with Crippen molar-refractivity contribution in [3.05, 3.63) is 18.0 Å². The van der Waals surface area contributed by atoms with Crippen molar-refractivity contribution in [3.63, 3.8) is 0 Å². The van der Waals surface area contributed by atoms with Crippen molar-refractivity contribution >= 4 is 0 Å². The maximum absolute atomic E-state index is 4.24. The van der Waals surface area contributed by atoms with Gasteiger partial charge in [0.25, 0.3) is 0 Å². The van der Waals surface area contributed by atoms with Gasteiger partial charge in [0.2, 0.25) is 0 Å². The van der Waals surface area contributed by atoms with E-state index >= 15 is 0 Å². The zero-order chi connectivity index (χ0) is 14.6. The highest BCUT2D eigenvalue weighted by atomic mass is 15.2. The minimum absolute atomic E-state index is 0.673. The van der Waals surface area contributed by atoms with Crippen LogP contribution in [0, 0.1) is 0 Å². The van der Waals surface area contributed by atoms with Gasteiger partial charge >= 0.3 is 0 Å². The predicted octanol–water partition coefficient (Wildman–Crippen LogP) is 4.08.